The van der Waals surface area contributed by atoms with Gasteiger partial charge in [0.05, 0.1) is 0 Å². The Labute approximate surface area is 129 Å². The molecule has 0 aromatic heterocycles. The van der Waals surface area contributed by atoms with Gasteiger partial charge in [0.1, 0.15) is 6.61 Å². The highest BCUT2D eigenvalue weighted by Gasteiger charge is 2.05. The van der Waals surface area contributed by atoms with E-state index in [2.05, 4.69) is 10.6 Å². The molecule has 0 saturated carbocycles. The van der Waals surface area contributed by atoms with Gasteiger partial charge in [0.25, 0.3) is 5.91 Å². The lowest BCUT2D eigenvalue weighted by atomic mass is 10.2. The van der Waals surface area contributed by atoms with Crippen molar-refractivity contribution in [3.8, 4) is 0 Å². The van der Waals surface area contributed by atoms with Crippen LogP contribution in [0.15, 0.2) is 42.5 Å². The number of hydrogen-bond donors (Lipinski definition) is 2. The summed E-state index contributed by atoms with van der Waals surface area (Å²) in [6, 6.07) is 8.60. The molecule has 118 valence electrons. The number of carbonyl (C=O) groups is 3. The average molecular weight is 304 g/mol. The number of ether oxygens (including phenoxy) is 1. The van der Waals surface area contributed by atoms with Crippen LogP contribution in [0.3, 0.4) is 0 Å². The Morgan fingerprint density at radius 1 is 1.14 bits per heavy atom. The van der Waals surface area contributed by atoms with Crippen molar-refractivity contribution in [2.75, 3.05) is 6.54 Å². The van der Waals surface area contributed by atoms with E-state index in [0.717, 1.165) is 30.6 Å². The number of imide groups is 1. The number of urea groups is 1. The fraction of sp³-hybridized carbons (Fsp3) is 0.312. The number of hydrogen-bond acceptors (Lipinski definition) is 4. The maximum absolute atomic E-state index is 11.4. The molecular formula is C16H20N2O4. The Kier molecular flexibility index (Phi) is 8.04. The zero-order valence-corrected chi connectivity index (χ0v) is 12.5. The van der Waals surface area contributed by atoms with Crippen molar-refractivity contribution in [3.63, 3.8) is 0 Å². The van der Waals surface area contributed by atoms with Crippen LogP contribution in [0.4, 0.5) is 4.79 Å². The second-order valence-electron chi connectivity index (χ2n) is 4.53. The van der Waals surface area contributed by atoms with Gasteiger partial charge in [0.15, 0.2) is 0 Å². The van der Waals surface area contributed by atoms with Crippen LogP contribution in [-0.4, -0.2) is 24.5 Å². The fourth-order valence-corrected chi connectivity index (χ4v) is 1.50. The van der Waals surface area contributed by atoms with E-state index in [0.29, 0.717) is 6.54 Å². The van der Waals surface area contributed by atoms with Gasteiger partial charge in [-0.05, 0) is 12.0 Å². The normalized spacial score (nSPS) is 10.2. The second kappa shape index (κ2) is 10.1. The van der Waals surface area contributed by atoms with Gasteiger partial charge in [-0.25, -0.2) is 9.59 Å². The molecule has 1 rings (SSSR count). The standard InChI is InChI=1S/C16H20N2O4/c1-2-3-11-17-16(21)18-14(19)9-10-15(20)22-12-13-7-5-4-6-8-13/h4-10H,2-3,11-12H2,1H3,(H2,17,18,19,21)/b10-9-. The van der Waals surface area contributed by atoms with Crippen molar-refractivity contribution in [3.05, 3.63) is 48.0 Å². The number of carbonyl (C=O) groups excluding carboxylic acids is 3. The smallest absolute Gasteiger partial charge is 0.331 e. The van der Waals surface area contributed by atoms with Crippen molar-refractivity contribution in [1.82, 2.24) is 10.6 Å². The van der Waals surface area contributed by atoms with Gasteiger partial charge in [-0.15, -0.1) is 0 Å². The highest BCUT2D eigenvalue weighted by molar-refractivity contribution is 6.02. The molecule has 0 unspecified atom stereocenters. The predicted molar refractivity (Wildman–Crippen MR) is 81.8 cm³/mol. The molecule has 1 aromatic carbocycles. The Morgan fingerprint density at radius 2 is 1.86 bits per heavy atom. The van der Waals surface area contributed by atoms with Crippen LogP contribution >= 0.6 is 0 Å². The van der Waals surface area contributed by atoms with Crippen molar-refractivity contribution in [2.24, 2.45) is 0 Å². The van der Waals surface area contributed by atoms with Crippen LogP contribution in [0.2, 0.25) is 0 Å². The molecule has 22 heavy (non-hydrogen) atoms. The molecule has 2 N–H and O–H groups in total. The zero-order valence-electron chi connectivity index (χ0n) is 12.5. The minimum Gasteiger partial charge on any atom is -0.458 e. The molecule has 0 heterocycles. The molecule has 0 atom stereocenters. The third kappa shape index (κ3) is 7.84. The number of nitrogens with one attached hydrogen (secondary N) is 2. The van der Waals surface area contributed by atoms with E-state index in [9.17, 15) is 14.4 Å². The Bertz CT molecular complexity index is 526. The Hall–Kier alpha value is -2.63. The van der Waals surface area contributed by atoms with Gasteiger partial charge in [-0.1, -0.05) is 43.7 Å². The summed E-state index contributed by atoms with van der Waals surface area (Å²) >= 11 is 0. The van der Waals surface area contributed by atoms with Gasteiger partial charge in [-0.3, -0.25) is 10.1 Å². The summed E-state index contributed by atoms with van der Waals surface area (Å²) in [4.78, 5) is 34.1. The lowest BCUT2D eigenvalue weighted by molar-refractivity contribution is -0.139. The molecule has 0 spiro atoms. The molecular weight excluding hydrogens is 284 g/mol. The van der Waals surface area contributed by atoms with Gasteiger partial charge in [0, 0.05) is 18.7 Å². The third-order valence-corrected chi connectivity index (χ3v) is 2.65. The molecule has 0 bridgehead atoms. The molecule has 0 aliphatic rings. The van der Waals surface area contributed by atoms with E-state index in [4.69, 9.17) is 4.74 Å². The largest absolute Gasteiger partial charge is 0.458 e. The molecule has 0 aliphatic carbocycles. The van der Waals surface area contributed by atoms with Crippen molar-refractivity contribution in [2.45, 2.75) is 26.4 Å². The minimum absolute atomic E-state index is 0.128. The van der Waals surface area contributed by atoms with Crippen molar-refractivity contribution in [1.29, 1.82) is 0 Å². The summed E-state index contributed by atoms with van der Waals surface area (Å²) in [6.45, 7) is 2.62. The predicted octanol–water partition coefficient (Wildman–Crippen LogP) is 1.91. The van der Waals surface area contributed by atoms with Gasteiger partial charge < -0.3 is 10.1 Å². The molecule has 0 aliphatic heterocycles. The molecule has 0 radical (unpaired) electrons. The van der Waals surface area contributed by atoms with E-state index >= 15 is 0 Å². The summed E-state index contributed by atoms with van der Waals surface area (Å²) < 4.78 is 4.96. The molecule has 6 heteroatoms. The van der Waals surface area contributed by atoms with Crippen molar-refractivity contribution < 1.29 is 19.1 Å². The molecule has 3 amide bonds. The van der Waals surface area contributed by atoms with Crippen molar-refractivity contribution >= 4 is 17.9 Å². The molecule has 0 saturated heterocycles. The van der Waals surface area contributed by atoms with Crippen LogP contribution in [0.5, 0.6) is 0 Å². The Morgan fingerprint density at radius 3 is 2.55 bits per heavy atom. The highest BCUT2D eigenvalue weighted by Crippen LogP contribution is 2.00. The van der Waals surface area contributed by atoms with E-state index in [1.165, 1.54) is 0 Å². The summed E-state index contributed by atoms with van der Waals surface area (Å²) in [6.07, 6.45) is 3.73. The molecule has 1 aromatic rings. The molecule has 0 fully saturated rings. The van der Waals surface area contributed by atoms with Crippen LogP contribution in [-0.2, 0) is 20.9 Å². The summed E-state index contributed by atoms with van der Waals surface area (Å²) in [7, 11) is 0. The number of benzene rings is 1. The lowest BCUT2D eigenvalue weighted by Gasteiger charge is -2.03. The monoisotopic (exact) mass is 304 g/mol. The first-order valence-electron chi connectivity index (χ1n) is 7.09. The zero-order chi connectivity index (χ0) is 16.2. The minimum atomic E-state index is -0.675. The maximum Gasteiger partial charge on any atom is 0.331 e. The average Bonchev–Trinajstić information content (AvgIpc) is 2.52. The number of unbranched alkanes of at least 4 members (excludes halogenated alkanes) is 1. The molecule has 6 nitrogen and oxygen atoms in total. The van der Waals surface area contributed by atoms with Crippen LogP contribution in [0.25, 0.3) is 0 Å². The first kappa shape index (κ1) is 17.4. The van der Waals surface area contributed by atoms with Gasteiger partial charge >= 0.3 is 12.0 Å². The summed E-state index contributed by atoms with van der Waals surface area (Å²) in [5, 5.41) is 4.61. The van der Waals surface area contributed by atoms with Gasteiger partial charge in [-0.2, -0.15) is 0 Å². The highest BCUT2D eigenvalue weighted by atomic mass is 16.5. The number of esters is 1. The van der Waals surface area contributed by atoms with Crippen LogP contribution < -0.4 is 10.6 Å². The number of amides is 3. The van der Waals surface area contributed by atoms with Crippen LogP contribution in [0.1, 0.15) is 25.3 Å². The van der Waals surface area contributed by atoms with E-state index in [1.54, 1.807) is 0 Å². The number of rotatable bonds is 7. The van der Waals surface area contributed by atoms with E-state index < -0.39 is 17.9 Å². The van der Waals surface area contributed by atoms with E-state index in [-0.39, 0.29) is 6.61 Å². The quantitative estimate of drug-likeness (QED) is 0.458. The first-order valence-corrected chi connectivity index (χ1v) is 7.09. The third-order valence-electron chi connectivity index (χ3n) is 2.65. The first-order chi connectivity index (χ1) is 10.6. The summed E-state index contributed by atoms with van der Waals surface area (Å²) in [5.74, 6) is -1.32. The maximum atomic E-state index is 11.4. The topological polar surface area (TPSA) is 84.5 Å². The fourth-order valence-electron chi connectivity index (χ4n) is 1.50. The Balaban J connectivity index is 2.26. The van der Waals surface area contributed by atoms with Crippen LogP contribution in [0, 0.1) is 0 Å². The SMILES string of the molecule is CCCCNC(=O)NC(=O)/C=C\C(=O)OCc1ccccc1. The van der Waals surface area contributed by atoms with E-state index in [1.807, 2.05) is 37.3 Å². The summed E-state index contributed by atoms with van der Waals surface area (Å²) in [5.41, 5.74) is 0.851. The second-order valence-corrected chi connectivity index (χ2v) is 4.53. The van der Waals surface area contributed by atoms with Gasteiger partial charge in [0.2, 0.25) is 0 Å². The lowest BCUT2D eigenvalue weighted by Crippen LogP contribution is -2.39.